The number of carbonyl (C=O) groups is 1. The second-order valence-corrected chi connectivity index (χ2v) is 6.15. The van der Waals surface area contributed by atoms with E-state index >= 15 is 0 Å². The maximum atomic E-state index is 11.9. The first kappa shape index (κ1) is 16.8. The first-order chi connectivity index (χ1) is 10.7. The van der Waals surface area contributed by atoms with Crippen LogP contribution in [-0.2, 0) is 4.79 Å². The average molecular weight is 367 g/mol. The molecular weight excluding hydrogens is 344 g/mol. The molecule has 0 bridgehead atoms. The molecule has 0 aromatic heterocycles. The minimum atomic E-state index is -0.0108. The molecule has 1 saturated heterocycles. The van der Waals surface area contributed by atoms with Crippen molar-refractivity contribution in [2.75, 3.05) is 31.5 Å². The van der Waals surface area contributed by atoms with E-state index in [4.69, 9.17) is 0 Å². The lowest BCUT2D eigenvalue weighted by Crippen LogP contribution is -2.39. The molecule has 0 atom stereocenters. The van der Waals surface area contributed by atoms with Crippen molar-refractivity contribution in [1.82, 2.24) is 10.2 Å². The summed E-state index contributed by atoms with van der Waals surface area (Å²) in [6, 6.07) is 7.56. The van der Waals surface area contributed by atoms with Crippen LogP contribution in [0.2, 0.25) is 0 Å². The molecule has 120 valence electrons. The Morgan fingerprint density at radius 3 is 2.59 bits per heavy atom. The summed E-state index contributed by atoms with van der Waals surface area (Å²) in [6.07, 6.45) is 2.82. The maximum absolute atomic E-state index is 11.9. The van der Waals surface area contributed by atoms with E-state index < -0.39 is 0 Å². The fraction of sp³-hybridized carbons (Fsp3) is 0.500. The fourth-order valence-corrected chi connectivity index (χ4v) is 2.64. The van der Waals surface area contributed by atoms with Crippen LogP contribution >= 0.6 is 15.9 Å². The van der Waals surface area contributed by atoms with Gasteiger partial charge in [-0.15, -0.1) is 0 Å². The molecule has 2 rings (SSSR count). The van der Waals surface area contributed by atoms with Gasteiger partial charge in [-0.2, -0.15) is 0 Å². The van der Waals surface area contributed by atoms with Gasteiger partial charge in [-0.3, -0.25) is 9.79 Å². The summed E-state index contributed by atoms with van der Waals surface area (Å²) in [7, 11) is 0. The Morgan fingerprint density at radius 1 is 1.27 bits per heavy atom. The lowest BCUT2D eigenvalue weighted by atomic mass is 10.3. The van der Waals surface area contributed by atoms with Gasteiger partial charge in [0, 0.05) is 36.2 Å². The molecule has 1 heterocycles. The Morgan fingerprint density at radius 2 is 1.95 bits per heavy atom. The van der Waals surface area contributed by atoms with Gasteiger partial charge in [-0.25, -0.2) is 0 Å². The Kier molecular flexibility index (Phi) is 6.71. The van der Waals surface area contributed by atoms with E-state index in [9.17, 15) is 4.79 Å². The predicted octanol–water partition coefficient (Wildman–Crippen LogP) is 2.84. The summed E-state index contributed by atoms with van der Waals surface area (Å²) in [5.74, 6) is 0.916. The summed E-state index contributed by atoms with van der Waals surface area (Å²) in [4.78, 5) is 18.7. The highest BCUT2D eigenvalue weighted by molar-refractivity contribution is 9.10. The number of benzene rings is 1. The van der Waals surface area contributed by atoms with Gasteiger partial charge in [0.05, 0.1) is 6.54 Å². The van der Waals surface area contributed by atoms with E-state index in [1.807, 2.05) is 24.3 Å². The van der Waals surface area contributed by atoms with Gasteiger partial charge < -0.3 is 15.5 Å². The zero-order valence-corrected chi connectivity index (χ0v) is 14.5. The highest BCUT2D eigenvalue weighted by atomic mass is 79.9. The number of nitrogens with zero attached hydrogens (tertiary/aromatic N) is 2. The molecule has 0 spiro atoms. The lowest BCUT2D eigenvalue weighted by Gasteiger charge is -2.20. The van der Waals surface area contributed by atoms with E-state index in [1.54, 1.807) is 0 Å². The van der Waals surface area contributed by atoms with Crippen molar-refractivity contribution in [1.29, 1.82) is 0 Å². The molecule has 0 saturated carbocycles. The van der Waals surface area contributed by atoms with Crippen LogP contribution in [0.1, 0.15) is 26.2 Å². The van der Waals surface area contributed by atoms with Crippen molar-refractivity contribution in [3.63, 3.8) is 0 Å². The SMILES string of the molecule is CCNC(=NCCC(=O)Nc1ccc(Br)cc1)N1CCCC1. The lowest BCUT2D eigenvalue weighted by molar-refractivity contribution is -0.116. The van der Waals surface area contributed by atoms with Crippen LogP contribution in [0.5, 0.6) is 0 Å². The topological polar surface area (TPSA) is 56.7 Å². The van der Waals surface area contributed by atoms with Gasteiger partial charge in [0.25, 0.3) is 0 Å². The van der Waals surface area contributed by atoms with Gasteiger partial charge in [-0.1, -0.05) is 15.9 Å². The number of hydrogen-bond acceptors (Lipinski definition) is 2. The van der Waals surface area contributed by atoms with Crippen LogP contribution in [0.25, 0.3) is 0 Å². The molecule has 5 nitrogen and oxygen atoms in total. The molecule has 1 aliphatic rings. The first-order valence-electron chi connectivity index (χ1n) is 7.77. The largest absolute Gasteiger partial charge is 0.357 e. The van der Waals surface area contributed by atoms with E-state index in [1.165, 1.54) is 12.8 Å². The molecule has 0 aliphatic carbocycles. The van der Waals surface area contributed by atoms with E-state index in [0.29, 0.717) is 13.0 Å². The van der Waals surface area contributed by atoms with Crippen LogP contribution in [0.3, 0.4) is 0 Å². The Hall–Kier alpha value is -1.56. The summed E-state index contributed by atoms with van der Waals surface area (Å²) in [5, 5.41) is 6.17. The molecule has 6 heteroatoms. The van der Waals surface area contributed by atoms with Crippen LogP contribution in [0.4, 0.5) is 5.69 Å². The zero-order valence-electron chi connectivity index (χ0n) is 12.9. The van der Waals surface area contributed by atoms with E-state index in [0.717, 1.165) is 35.8 Å². The van der Waals surface area contributed by atoms with Gasteiger partial charge in [-0.05, 0) is 44.0 Å². The van der Waals surface area contributed by atoms with Crippen LogP contribution in [0.15, 0.2) is 33.7 Å². The fourth-order valence-electron chi connectivity index (χ4n) is 2.37. The predicted molar refractivity (Wildman–Crippen MR) is 94.2 cm³/mol. The number of aliphatic imine (C=N–C) groups is 1. The second-order valence-electron chi connectivity index (χ2n) is 5.23. The molecule has 0 unspecified atom stereocenters. The minimum absolute atomic E-state index is 0.0108. The standard InChI is InChI=1S/C16H23BrN4O/c1-2-18-16(21-11-3-4-12-21)19-10-9-15(22)20-14-7-5-13(17)6-8-14/h5-8H,2-4,9-12H2,1H3,(H,18,19)(H,20,22). The van der Waals surface area contributed by atoms with Gasteiger partial charge in [0.15, 0.2) is 5.96 Å². The third-order valence-electron chi connectivity index (χ3n) is 3.47. The van der Waals surface area contributed by atoms with Crippen LogP contribution in [0, 0.1) is 0 Å². The number of carbonyl (C=O) groups excluding carboxylic acids is 1. The molecule has 1 aromatic rings. The number of rotatable bonds is 5. The normalized spacial score (nSPS) is 15.0. The minimum Gasteiger partial charge on any atom is -0.357 e. The number of guanidine groups is 1. The number of anilines is 1. The number of halogens is 1. The maximum Gasteiger partial charge on any atom is 0.226 e. The molecule has 1 fully saturated rings. The van der Waals surface area contributed by atoms with E-state index in [-0.39, 0.29) is 5.91 Å². The monoisotopic (exact) mass is 366 g/mol. The van der Waals surface area contributed by atoms with Crippen molar-refractivity contribution in [3.05, 3.63) is 28.7 Å². The summed E-state index contributed by atoms with van der Waals surface area (Å²) in [5.41, 5.74) is 0.809. The molecule has 1 aliphatic heterocycles. The van der Waals surface area contributed by atoms with Crippen molar-refractivity contribution in [3.8, 4) is 0 Å². The van der Waals surface area contributed by atoms with Gasteiger partial charge in [0.2, 0.25) is 5.91 Å². The van der Waals surface area contributed by atoms with Crippen molar-refractivity contribution < 1.29 is 4.79 Å². The van der Waals surface area contributed by atoms with Crippen LogP contribution < -0.4 is 10.6 Å². The molecule has 22 heavy (non-hydrogen) atoms. The highest BCUT2D eigenvalue weighted by Gasteiger charge is 2.15. The Bertz CT molecular complexity index is 509. The first-order valence-corrected chi connectivity index (χ1v) is 8.57. The van der Waals surface area contributed by atoms with Crippen molar-refractivity contribution in [2.24, 2.45) is 4.99 Å². The van der Waals surface area contributed by atoms with Gasteiger partial charge >= 0.3 is 0 Å². The average Bonchev–Trinajstić information content (AvgIpc) is 3.03. The van der Waals surface area contributed by atoms with Crippen molar-refractivity contribution in [2.45, 2.75) is 26.2 Å². The summed E-state index contributed by atoms with van der Waals surface area (Å²) in [6.45, 7) is 5.52. The Labute approximate surface area is 140 Å². The smallest absolute Gasteiger partial charge is 0.226 e. The summed E-state index contributed by atoms with van der Waals surface area (Å²) >= 11 is 3.37. The molecular formula is C16H23BrN4O. The number of hydrogen-bond donors (Lipinski definition) is 2. The summed E-state index contributed by atoms with van der Waals surface area (Å²) < 4.78 is 0.996. The molecule has 2 N–H and O–H groups in total. The number of likely N-dealkylation sites (tertiary alicyclic amines) is 1. The number of nitrogens with one attached hydrogen (secondary N) is 2. The third-order valence-corrected chi connectivity index (χ3v) is 4.00. The number of amides is 1. The van der Waals surface area contributed by atoms with Crippen molar-refractivity contribution >= 4 is 33.5 Å². The quantitative estimate of drug-likeness (QED) is 0.622. The molecule has 1 aromatic carbocycles. The molecule has 0 radical (unpaired) electrons. The third kappa shape index (κ3) is 5.33. The van der Waals surface area contributed by atoms with Crippen LogP contribution in [-0.4, -0.2) is 42.9 Å². The van der Waals surface area contributed by atoms with E-state index in [2.05, 4.69) is 43.4 Å². The highest BCUT2D eigenvalue weighted by Crippen LogP contribution is 2.14. The molecule has 1 amide bonds. The van der Waals surface area contributed by atoms with Gasteiger partial charge in [0.1, 0.15) is 0 Å². The second kappa shape index (κ2) is 8.78. The Balaban J connectivity index is 1.81. The zero-order chi connectivity index (χ0) is 15.8.